The fourth-order valence-corrected chi connectivity index (χ4v) is 3.90. The number of aromatic nitrogens is 2. The quantitative estimate of drug-likeness (QED) is 0.729. The van der Waals surface area contributed by atoms with Gasteiger partial charge in [-0.15, -0.1) is 0 Å². The normalized spacial score (nSPS) is 19.5. The topological polar surface area (TPSA) is 68.2 Å². The van der Waals surface area contributed by atoms with Gasteiger partial charge in [-0.2, -0.15) is 0 Å². The molecule has 146 valence electrons. The molecular weight excluding hydrogens is 352 g/mol. The number of nitrogens with zero attached hydrogens (tertiary/aromatic N) is 2. The van der Waals surface area contributed by atoms with Gasteiger partial charge in [-0.1, -0.05) is 36.4 Å². The van der Waals surface area contributed by atoms with Gasteiger partial charge in [0.05, 0.1) is 6.04 Å². The van der Waals surface area contributed by atoms with Crippen LogP contribution in [0.25, 0.3) is 10.8 Å². The minimum Gasteiger partial charge on any atom is -0.368 e. The lowest BCUT2D eigenvalue weighted by atomic mass is 10.0. The van der Waals surface area contributed by atoms with Crippen molar-refractivity contribution in [3.05, 3.63) is 65.7 Å². The molecular formula is C22H26N4O2. The number of benzene rings is 2. The van der Waals surface area contributed by atoms with Gasteiger partial charge >= 0.3 is 6.03 Å². The van der Waals surface area contributed by atoms with E-state index in [0.717, 1.165) is 24.2 Å². The largest absolute Gasteiger partial charge is 0.368 e. The van der Waals surface area contributed by atoms with Gasteiger partial charge in [0, 0.05) is 32.6 Å². The highest BCUT2D eigenvalue weighted by atomic mass is 16.5. The molecule has 1 aliphatic rings. The third-order valence-electron chi connectivity index (χ3n) is 5.42. The van der Waals surface area contributed by atoms with Crippen LogP contribution in [0.3, 0.4) is 0 Å². The van der Waals surface area contributed by atoms with E-state index >= 15 is 0 Å². The first-order valence-corrected chi connectivity index (χ1v) is 9.74. The number of carbonyl (C=O) groups is 1. The summed E-state index contributed by atoms with van der Waals surface area (Å²) in [6, 6.07) is 12.2. The molecule has 2 heterocycles. The van der Waals surface area contributed by atoms with E-state index in [1.165, 1.54) is 16.3 Å². The lowest BCUT2D eigenvalue weighted by molar-refractivity contribution is -0.0141. The van der Waals surface area contributed by atoms with Crippen molar-refractivity contribution in [1.82, 2.24) is 20.2 Å². The highest BCUT2D eigenvalue weighted by Crippen LogP contribution is 2.27. The van der Waals surface area contributed by atoms with Crippen LogP contribution in [0.5, 0.6) is 0 Å². The number of imidazole rings is 1. The minimum absolute atomic E-state index is 0.0930. The van der Waals surface area contributed by atoms with Crippen molar-refractivity contribution >= 4 is 16.8 Å². The Kier molecular flexibility index (Phi) is 5.30. The summed E-state index contributed by atoms with van der Waals surface area (Å²) in [7, 11) is 1.94. The van der Waals surface area contributed by atoms with Gasteiger partial charge in [0.1, 0.15) is 11.9 Å². The Hall–Kier alpha value is -2.86. The monoisotopic (exact) mass is 378 g/mol. The summed E-state index contributed by atoms with van der Waals surface area (Å²) in [6.07, 6.45) is 5.23. The molecule has 0 bridgehead atoms. The molecule has 6 nitrogen and oxygen atoms in total. The van der Waals surface area contributed by atoms with E-state index in [9.17, 15) is 4.79 Å². The van der Waals surface area contributed by atoms with Crippen molar-refractivity contribution in [3.8, 4) is 0 Å². The van der Waals surface area contributed by atoms with E-state index in [4.69, 9.17) is 4.74 Å². The minimum atomic E-state index is -0.222. The zero-order valence-electron chi connectivity index (χ0n) is 16.3. The van der Waals surface area contributed by atoms with Crippen LogP contribution in [-0.2, 0) is 18.3 Å². The van der Waals surface area contributed by atoms with Crippen LogP contribution in [0.2, 0.25) is 0 Å². The Labute approximate surface area is 164 Å². The molecule has 2 N–H and O–H groups in total. The number of hydrogen-bond donors (Lipinski definition) is 2. The molecule has 1 fully saturated rings. The van der Waals surface area contributed by atoms with Gasteiger partial charge in [0.2, 0.25) is 0 Å². The molecule has 4 rings (SSSR count). The standard InChI is InChI=1S/C22H26N4O2/c1-15-9-10-16(18-7-4-3-6-17(15)18)14-24-22(27)25-19-8-5-13-28-20(19)21-23-11-12-26(21)2/h3-4,6-7,9-12,19-20H,5,8,13-14H2,1-2H3,(H2,24,25,27)/t19-,20-/m0/s1. The Morgan fingerprint density at radius 2 is 2.07 bits per heavy atom. The second-order valence-electron chi connectivity index (χ2n) is 7.35. The Balaban J connectivity index is 1.43. The van der Waals surface area contributed by atoms with Gasteiger partial charge in [-0.3, -0.25) is 0 Å². The smallest absolute Gasteiger partial charge is 0.315 e. The highest BCUT2D eigenvalue weighted by Gasteiger charge is 2.31. The fraction of sp³-hybridized carbons (Fsp3) is 0.364. The average molecular weight is 378 g/mol. The second kappa shape index (κ2) is 8.02. The molecule has 2 atom stereocenters. The maximum atomic E-state index is 12.6. The molecule has 0 aliphatic carbocycles. The van der Waals surface area contributed by atoms with E-state index in [0.29, 0.717) is 13.2 Å². The summed E-state index contributed by atoms with van der Waals surface area (Å²) >= 11 is 0. The van der Waals surface area contributed by atoms with Gasteiger partial charge in [0.15, 0.2) is 0 Å². The Morgan fingerprint density at radius 3 is 2.86 bits per heavy atom. The van der Waals surface area contributed by atoms with Crippen molar-refractivity contribution in [2.24, 2.45) is 7.05 Å². The van der Waals surface area contributed by atoms with Gasteiger partial charge in [-0.05, 0) is 41.7 Å². The van der Waals surface area contributed by atoms with Crippen LogP contribution < -0.4 is 10.6 Å². The first-order valence-electron chi connectivity index (χ1n) is 9.74. The van der Waals surface area contributed by atoms with E-state index in [-0.39, 0.29) is 18.2 Å². The van der Waals surface area contributed by atoms with E-state index in [2.05, 4.69) is 46.8 Å². The third-order valence-corrected chi connectivity index (χ3v) is 5.42. The maximum absolute atomic E-state index is 12.6. The molecule has 1 aliphatic heterocycles. The molecule has 1 saturated heterocycles. The third kappa shape index (κ3) is 3.73. The number of urea groups is 1. The van der Waals surface area contributed by atoms with Crippen molar-refractivity contribution in [2.75, 3.05) is 6.61 Å². The summed E-state index contributed by atoms with van der Waals surface area (Å²) in [6.45, 7) is 3.27. The lowest BCUT2D eigenvalue weighted by Gasteiger charge is -2.31. The van der Waals surface area contributed by atoms with Crippen LogP contribution in [0.1, 0.15) is 35.9 Å². The fourth-order valence-electron chi connectivity index (χ4n) is 3.90. The predicted octanol–water partition coefficient (Wildman–Crippen LogP) is 3.60. The zero-order valence-corrected chi connectivity index (χ0v) is 16.3. The Bertz CT molecular complexity index is 982. The van der Waals surface area contributed by atoms with Gasteiger partial charge < -0.3 is 19.9 Å². The van der Waals surface area contributed by atoms with E-state index < -0.39 is 0 Å². The maximum Gasteiger partial charge on any atom is 0.315 e. The summed E-state index contributed by atoms with van der Waals surface area (Å²) in [5.74, 6) is 0.842. The SMILES string of the molecule is Cc1ccc(CNC(=O)N[C@H]2CCCO[C@@H]2c2nccn2C)c2ccccc12. The summed E-state index contributed by atoms with van der Waals surface area (Å²) in [4.78, 5) is 17.0. The molecule has 6 heteroatoms. The summed E-state index contributed by atoms with van der Waals surface area (Å²) in [5, 5.41) is 8.49. The predicted molar refractivity (Wildman–Crippen MR) is 109 cm³/mol. The van der Waals surface area contributed by atoms with Crippen molar-refractivity contribution in [2.45, 2.75) is 38.5 Å². The van der Waals surface area contributed by atoms with Crippen LogP contribution in [-0.4, -0.2) is 28.2 Å². The molecule has 28 heavy (non-hydrogen) atoms. The van der Waals surface area contributed by atoms with Crippen LogP contribution in [0, 0.1) is 6.92 Å². The number of aryl methyl sites for hydroxylation is 2. The number of amides is 2. The van der Waals surface area contributed by atoms with Crippen LogP contribution in [0.15, 0.2) is 48.8 Å². The molecule has 0 unspecified atom stereocenters. The van der Waals surface area contributed by atoms with E-state index in [1.807, 2.05) is 29.9 Å². The zero-order chi connectivity index (χ0) is 19.5. The van der Waals surface area contributed by atoms with Gasteiger partial charge in [0.25, 0.3) is 0 Å². The van der Waals surface area contributed by atoms with Crippen LogP contribution in [0.4, 0.5) is 4.79 Å². The first-order chi connectivity index (χ1) is 13.6. The number of hydrogen-bond acceptors (Lipinski definition) is 3. The van der Waals surface area contributed by atoms with Crippen molar-refractivity contribution < 1.29 is 9.53 Å². The molecule has 0 radical (unpaired) electrons. The summed E-state index contributed by atoms with van der Waals surface area (Å²) in [5.41, 5.74) is 2.35. The molecule has 2 aromatic carbocycles. The van der Waals surface area contributed by atoms with Crippen molar-refractivity contribution in [1.29, 1.82) is 0 Å². The Morgan fingerprint density at radius 1 is 1.25 bits per heavy atom. The highest BCUT2D eigenvalue weighted by molar-refractivity contribution is 5.88. The number of nitrogens with one attached hydrogen (secondary N) is 2. The van der Waals surface area contributed by atoms with Crippen LogP contribution >= 0.6 is 0 Å². The summed E-state index contributed by atoms with van der Waals surface area (Å²) < 4.78 is 7.87. The number of carbonyl (C=O) groups excluding carboxylic acids is 1. The molecule has 1 aromatic heterocycles. The molecule has 3 aromatic rings. The van der Waals surface area contributed by atoms with Gasteiger partial charge in [-0.25, -0.2) is 9.78 Å². The average Bonchev–Trinajstić information content (AvgIpc) is 3.14. The lowest BCUT2D eigenvalue weighted by Crippen LogP contribution is -2.47. The number of fused-ring (bicyclic) bond motifs is 1. The van der Waals surface area contributed by atoms with E-state index in [1.54, 1.807) is 6.20 Å². The number of rotatable bonds is 4. The second-order valence-corrected chi connectivity index (χ2v) is 7.35. The number of ether oxygens (including phenoxy) is 1. The first kappa shape index (κ1) is 18.5. The molecule has 0 saturated carbocycles. The molecule has 0 spiro atoms. The van der Waals surface area contributed by atoms with Crippen molar-refractivity contribution in [3.63, 3.8) is 0 Å². The molecule has 2 amide bonds.